The lowest BCUT2D eigenvalue weighted by Crippen LogP contribution is -2.08. The van der Waals surface area contributed by atoms with Crippen LogP contribution in [0.25, 0.3) is 6.08 Å². The van der Waals surface area contributed by atoms with Gasteiger partial charge in [-0.1, -0.05) is 6.08 Å². The highest BCUT2D eigenvalue weighted by Gasteiger charge is 2.17. The molecule has 0 aliphatic carbocycles. The summed E-state index contributed by atoms with van der Waals surface area (Å²) in [6, 6.07) is 3.38. The van der Waals surface area contributed by atoms with Crippen molar-refractivity contribution in [1.29, 1.82) is 0 Å². The highest BCUT2D eigenvalue weighted by atomic mass is 16.5. The lowest BCUT2D eigenvalue weighted by atomic mass is 10.1. The molecule has 90 valence electrons. The molecule has 0 atom stereocenters. The molecule has 0 spiro atoms. The Hall–Kier alpha value is -1.97. The number of hydrogen-bond acceptors (Lipinski definition) is 4. The molecule has 1 aliphatic heterocycles. The molecule has 1 aromatic carbocycles. The highest BCUT2D eigenvalue weighted by Crippen LogP contribution is 2.36. The quantitative estimate of drug-likeness (QED) is 0.752. The van der Waals surface area contributed by atoms with Gasteiger partial charge in [0.2, 0.25) is 0 Å². The van der Waals surface area contributed by atoms with Gasteiger partial charge in [0.1, 0.15) is 6.61 Å². The topological polar surface area (TPSA) is 44.8 Å². The first-order valence-electron chi connectivity index (χ1n) is 5.44. The van der Waals surface area contributed by atoms with E-state index in [2.05, 4.69) is 0 Å². The van der Waals surface area contributed by atoms with Crippen LogP contribution in [0.15, 0.2) is 18.2 Å². The number of hydrogen-bond donors (Lipinski definition) is 0. The molecule has 0 unspecified atom stereocenters. The van der Waals surface area contributed by atoms with Crippen molar-refractivity contribution in [3.05, 3.63) is 29.3 Å². The Kier molecular flexibility index (Phi) is 3.32. The predicted octanol–water partition coefficient (Wildman–Crippen LogP) is 2.28. The summed E-state index contributed by atoms with van der Waals surface area (Å²) in [5.74, 6) is 0.879. The van der Waals surface area contributed by atoms with Gasteiger partial charge in [-0.3, -0.25) is 0 Å². The van der Waals surface area contributed by atoms with E-state index in [9.17, 15) is 4.79 Å². The second kappa shape index (κ2) is 4.91. The average molecular weight is 234 g/mol. The van der Waals surface area contributed by atoms with Crippen molar-refractivity contribution in [2.75, 3.05) is 20.3 Å². The molecule has 4 nitrogen and oxygen atoms in total. The summed E-state index contributed by atoms with van der Waals surface area (Å²) >= 11 is 0. The highest BCUT2D eigenvalue weighted by molar-refractivity contribution is 5.91. The van der Waals surface area contributed by atoms with E-state index in [0.717, 1.165) is 5.56 Å². The summed E-state index contributed by atoms with van der Waals surface area (Å²) < 4.78 is 15.7. The molecule has 1 aliphatic rings. The van der Waals surface area contributed by atoms with Crippen LogP contribution in [0, 0.1) is 0 Å². The van der Waals surface area contributed by atoms with Crippen molar-refractivity contribution in [3.8, 4) is 11.5 Å². The largest absolute Gasteiger partial charge is 0.490 e. The van der Waals surface area contributed by atoms with Crippen molar-refractivity contribution in [2.24, 2.45) is 0 Å². The molecule has 17 heavy (non-hydrogen) atoms. The van der Waals surface area contributed by atoms with Gasteiger partial charge in [-0.05, 0) is 25.1 Å². The van der Waals surface area contributed by atoms with Crippen LogP contribution in [0.1, 0.15) is 22.8 Å². The minimum absolute atomic E-state index is 0.382. The van der Waals surface area contributed by atoms with Crippen molar-refractivity contribution < 1.29 is 19.0 Å². The summed E-state index contributed by atoms with van der Waals surface area (Å²) in [6.45, 7) is 2.92. The Balaban J connectivity index is 2.49. The third kappa shape index (κ3) is 2.25. The van der Waals surface area contributed by atoms with Crippen molar-refractivity contribution in [3.63, 3.8) is 0 Å². The van der Waals surface area contributed by atoms with Crippen molar-refractivity contribution in [1.82, 2.24) is 0 Å². The monoisotopic (exact) mass is 234 g/mol. The normalized spacial score (nSPS) is 12.6. The van der Waals surface area contributed by atoms with Crippen LogP contribution < -0.4 is 9.47 Å². The third-order valence-corrected chi connectivity index (χ3v) is 2.43. The van der Waals surface area contributed by atoms with Crippen molar-refractivity contribution in [2.45, 2.75) is 6.92 Å². The smallest absolute Gasteiger partial charge is 0.338 e. The van der Waals surface area contributed by atoms with Gasteiger partial charge >= 0.3 is 5.97 Å². The molecular weight excluding hydrogens is 220 g/mol. The molecule has 0 bridgehead atoms. The Bertz CT molecular complexity index is 463. The first kappa shape index (κ1) is 11.5. The Morgan fingerprint density at radius 3 is 3.00 bits per heavy atom. The number of ether oxygens (including phenoxy) is 3. The Morgan fingerprint density at radius 2 is 2.29 bits per heavy atom. The molecular formula is C13H14O4. The van der Waals surface area contributed by atoms with Gasteiger partial charge in [0.05, 0.1) is 19.3 Å². The fourth-order valence-electron chi connectivity index (χ4n) is 1.71. The van der Waals surface area contributed by atoms with Crippen LogP contribution in [0.3, 0.4) is 0 Å². The van der Waals surface area contributed by atoms with Gasteiger partial charge in [0.15, 0.2) is 11.5 Å². The molecule has 0 N–H and O–H groups in total. The van der Waals surface area contributed by atoms with Crippen molar-refractivity contribution >= 4 is 12.0 Å². The van der Waals surface area contributed by atoms with Gasteiger partial charge < -0.3 is 14.2 Å². The van der Waals surface area contributed by atoms with Gasteiger partial charge in [0, 0.05) is 5.56 Å². The Morgan fingerprint density at radius 1 is 1.47 bits per heavy atom. The molecule has 4 heteroatoms. The zero-order valence-electron chi connectivity index (χ0n) is 9.86. The molecule has 1 heterocycles. The van der Waals surface area contributed by atoms with Crippen LogP contribution in [-0.4, -0.2) is 26.3 Å². The minimum atomic E-state index is -0.382. The van der Waals surface area contributed by atoms with Crippen LogP contribution in [0.4, 0.5) is 0 Å². The van der Waals surface area contributed by atoms with Gasteiger partial charge in [-0.25, -0.2) is 4.79 Å². The number of rotatable bonds is 3. The van der Waals surface area contributed by atoms with E-state index in [-0.39, 0.29) is 5.97 Å². The van der Waals surface area contributed by atoms with Crippen LogP contribution in [0.2, 0.25) is 0 Å². The number of benzene rings is 1. The van der Waals surface area contributed by atoms with Gasteiger partial charge in [-0.2, -0.15) is 0 Å². The summed E-state index contributed by atoms with van der Waals surface area (Å²) in [5.41, 5.74) is 1.30. The summed E-state index contributed by atoms with van der Waals surface area (Å²) in [4.78, 5) is 11.5. The number of methoxy groups -OCH3 is 1. The second-order valence-corrected chi connectivity index (χ2v) is 3.53. The maximum absolute atomic E-state index is 11.5. The fourth-order valence-corrected chi connectivity index (χ4v) is 1.71. The maximum Gasteiger partial charge on any atom is 0.338 e. The standard InChI is InChI=1S/C13H14O4/c1-3-16-11-8-10(13(14)15-2)7-9-5-4-6-17-12(9)11/h4-5,7-8H,3,6H2,1-2H3. The van der Waals surface area contributed by atoms with Gasteiger partial charge in [-0.15, -0.1) is 0 Å². The van der Waals surface area contributed by atoms with E-state index in [4.69, 9.17) is 14.2 Å². The van der Waals surface area contributed by atoms with E-state index in [1.54, 1.807) is 12.1 Å². The van der Waals surface area contributed by atoms with Crippen LogP contribution >= 0.6 is 0 Å². The number of fused-ring (bicyclic) bond motifs is 1. The summed E-state index contributed by atoms with van der Waals surface area (Å²) in [7, 11) is 1.36. The number of esters is 1. The van der Waals surface area contributed by atoms with E-state index in [1.807, 2.05) is 19.1 Å². The summed E-state index contributed by atoms with van der Waals surface area (Å²) in [6.07, 6.45) is 3.80. The molecule has 0 radical (unpaired) electrons. The van der Waals surface area contributed by atoms with Crippen LogP contribution in [-0.2, 0) is 4.74 Å². The van der Waals surface area contributed by atoms with E-state index in [1.165, 1.54) is 7.11 Å². The lowest BCUT2D eigenvalue weighted by molar-refractivity contribution is 0.0600. The molecule has 1 aromatic rings. The molecule has 0 amide bonds. The summed E-state index contributed by atoms with van der Waals surface area (Å²) in [5, 5.41) is 0. The van der Waals surface area contributed by atoms with E-state index in [0.29, 0.717) is 30.3 Å². The molecule has 0 saturated carbocycles. The first-order chi connectivity index (χ1) is 8.26. The number of carbonyl (C=O) groups excluding carboxylic acids is 1. The SMILES string of the molecule is CCOc1cc(C(=O)OC)cc2c1OCC=C2. The maximum atomic E-state index is 11.5. The minimum Gasteiger partial charge on any atom is -0.490 e. The first-order valence-corrected chi connectivity index (χ1v) is 5.44. The second-order valence-electron chi connectivity index (χ2n) is 3.53. The third-order valence-electron chi connectivity index (χ3n) is 2.43. The molecule has 0 fully saturated rings. The zero-order chi connectivity index (χ0) is 12.3. The predicted molar refractivity (Wildman–Crippen MR) is 63.5 cm³/mol. The van der Waals surface area contributed by atoms with E-state index < -0.39 is 0 Å². The van der Waals surface area contributed by atoms with E-state index >= 15 is 0 Å². The average Bonchev–Trinajstić information content (AvgIpc) is 2.38. The fraction of sp³-hybridized carbons (Fsp3) is 0.308. The molecule has 0 saturated heterocycles. The van der Waals surface area contributed by atoms with Crippen LogP contribution in [0.5, 0.6) is 11.5 Å². The number of carbonyl (C=O) groups is 1. The van der Waals surface area contributed by atoms with Gasteiger partial charge in [0.25, 0.3) is 0 Å². The molecule has 0 aromatic heterocycles. The molecule has 2 rings (SSSR count). The Labute approximate surface area is 99.8 Å². The zero-order valence-corrected chi connectivity index (χ0v) is 9.86. The lowest BCUT2D eigenvalue weighted by Gasteiger charge is -2.17.